The highest BCUT2D eigenvalue weighted by molar-refractivity contribution is 6.06. The van der Waals surface area contributed by atoms with E-state index >= 15 is 0 Å². The second-order valence-corrected chi connectivity index (χ2v) is 7.95. The van der Waals surface area contributed by atoms with Crippen LogP contribution in [0.5, 0.6) is 0 Å². The summed E-state index contributed by atoms with van der Waals surface area (Å²) in [7, 11) is 4.12. The first-order chi connectivity index (χ1) is 14.0. The summed E-state index contributed by atoms with van der Waals surface area (Å²) in [6, 6.07) is 7.27. The summed E-state index contributed by atoms with van der Waals surface area (Å²) in [6.45, 7) is 3.20. The van der Waals surface area contributed by atoms with Crippen molar-refractivity contribution >= 4 is 16.7 Å². The topological polar surface area (TPSA) is 74.2 Å². The summed E-state index contributed by atoms with van der Waals surface area (Å²) in [6.07, 6.45) is 7.39. The van der Waals surface area contributed by atoms with Crippen LogP contribution in [0.15, 0.2) is 47.7 Å². The smallest absolute Gasteiger partial charge is 0.255 e. The number of aromatic nitrogens is 3. The number of aromatic amines is 1. The molecular formula is C22H27N5O2. The van der Waals surface area contributed by atoms with Crippen molar-refractivity contribution in [3.63, 3.8) is 0 Å². The van der Waals surface area contributed by atoms with Gasteiger partial charge in [0.15, 0.2) is 0 Å². The molecule has 7 nitrogen and oxygen atoms in total. The second-order valence-electron chi connectivity index (χ2n) is 7.95. The number of carbonyl (C=O) groups is 1. The molecule has 0 aliphatic carbocycles. The van der Waals surface area contributed by atoms with Crippen molar-refractivity contribution in [2.75, 3.05) is 33.7 Å². The minimum absolute atomic E-state index is 0.0338. The third-order valence-corrected chi connectivity index (χ3v) is 5.65. The van der Waals surface area contributed by atoms with Gasteiger partial charge in [-0.2, -0.15) is 0 Å². The molecule has 0 bridgehead atoms. The molecule has 0 unspecified atom stereocenters. The molecule has 1 aromatic carbocycles. The number of hydrogen-bond acceptors (Lipinski definition) is 4. The molecule has 0 saturated carbocycles. The number of imidazole rings is 1. The maximum atomic E-state index is 13.3. The van der Waals surface area contributed by atoms with Gasteiger partial charge in [-0.3, -0.25) is 9.59 Å². The molecule has 3 heterocycles. The van der Waals surface area contributed by atoms with Gasteiger partial charge in [-0.25, -0.2) is 4.98 Å². The highest BCUT2D eigenvalue weighted by Crippen LogP contribution is 2.27. The van der Waals surface area contributed by atoms with E-state index in [1.807, 2.05) is 35.5 Å². The maximum Gasteiger partial charge on any atom is 0.255 e. The number of H-pyrrole nitrogens is 1. The lowest BCUT2D eigenvalue weighted by Crippen LogP contribution is -2.40. The number of amides is 1. The monoisotopic (exact) mass is 393 g/mol. The predicted octanol–water partition coefficient (Wildman–Crippen LogP) is 2.31. The average Bonchev–Trinajstić information content (AvgIpc) is 3.21. The van der Waals surface area contributed by atoms with Crippen LogP contribution in [-0.4, -0.2) is 64.0 Å². The Morgan fingerprint density at radius 3 is 2.86 bits per heavy atom. The highest BCUT2D eigenvalue weighted by Gasteiger charge is 2.29. The Bertz CT molecular complexity index is 1070. The van der Waals surface area contributed by atoms with Crippen LogP contribution >= 0.6 is 0 Å². The molecule has 0 spiro atoms. The molecule has 1 aliphatic heterocycles. The third-order valence-electron chi connectivity index (χ3n) is 5.65. The lowest BCUT2D eigenvalue weighted by Gasteiger charge is -2.33. The second kappa shape index (κ2) is 8.21. The van der Waals surface area contributed by atoms with Crippen molar-refractivity contribution in [2.24, 2.45) is 0 Å². The number of nitrogens with zero attached hydrogens (tertiary/aromatic N) is 4. The van der Waals surface area contributed by atoms with Crippen LogP contribution in [0.4, 0.5) is 0 Å². The minimum atomic E-state index is -0.170. The van der Waals surface area contributed by atoms with Crippen molar-refractivity contribution in [1.29, 1.82) is 0 Å². The zero-order valence-electron chi connectivity index (χ0n) is 17.0. The van der Waals surface area contributed by atoms with Crippen LogP contribution < -0.4 is 5.56 Å². The fourth-order valence-corrected chi connectivity index (χ4v) is 4.11. The van der Waals surface area contributed by atoms with E-state index in [1.54, 1.807) is 12.3 Å². The molecule has 2 aromatic heterocycles. The molecule has 1 aliphatic rings. The van der Waals surface area contributed by atoms with Crippen LogP contribution in [0.1, 0.15) is 34.9 Å². The van der Waals surface area contributed by atoms with E-state index in [-0.39, 0.29) is 17.4 Å². The number of likely N-dealkylation sites (N-methyl/N-ethyl adjacent to an activating group) is 1. The van der Waals surface area contributed by atoms with Crippen molar-refractivity contribution in [2.45, 2.75) is 25.3 Å². The summed E-state index contributed by atoms with van der Waals surface area (Å²) in [5.74, 6) is 1.24. The Balaban J connectivity index is 1.57. The summed E-state index contributed by atoms with van der Waals surface area (Å²) in [5.41, 5.74) is 0.383. The zero-order chi connectivity index (χ0) is 20.4. The van der Waals surface area contributed by atoms with Gasteiger partial charge in [0.25, 0.3) is 11.5 Å². The highest BCUT2D eigenvalue weighted by atomic mass is 16.2. The van der Waals surface area contributed by atoms with Gasteiger partial charge < -0.3 is 19.4 Å². The van der Waals surface area contributed by atoms with Crippen molar-refractivity contribution < 1.29 is 4.79 Å². The SMILES string of the molecule is CN(C)CCn1ccnc1[C@@H]1CCCN(C(=O)c2c[nH]c(=O)c3ccccc23)C1. The fraction of sp³-hybridized carbons (Fsp3) is 0.409. The molecule has 4 rings (SSSR count). The standard InChI is InChI=1S/C22H27N5O2/c1-25(2)12-13-26-11-9-23-20(26)16-6-5-10-27(15-16)22(29)19-14-24-21(28)18-8-4-3-7-17(18)19/h3-4,7-9,11,14,16H,5-6,10,12-13,15H2,1-2H3,(H,24,28)/t16-/m1/s1. The lowest BCUT2D eigenvalue weighted by atomic mass is 9.96. The number of piperidine rings is 1. The molecule has 1 saturated heterocycles. The van der Waals surface area contributed by atoms with Gasteiger partial charge in [0.05, 0.1) is 5.56 Å². The molecule has 1 fully saturated rings. The number of rotatable bonds is 5. The van der Waals surface area contributed by atoms with Gasteiger partial charge in [-0.1, -0.05) is 18.2 Å². The van der Waals surface area contributed by atoms with E-state index in [4.69, 9.17) is 0 Å². The molecule has 29 heavy (non-hydrogen) atoms. The first kappa shape index (κ1) is 19.4. The Kier molecular flexibility index (Phi) is 5.49. The average molecular weight is 393 g/mol. The Morgan fingerprint density at radius 2 is 2.07 bits per heavy atom. The number of carbonyl (C=O) groups excluding carboxylic acids is 1. The number of benzene rings is 1. The summed E-state index contributed by atoms with van der Waals surface area (Å²) in [5, 5.41) is 1.25. The minimum Gasteiger partial charge on any atom is -0.338 e. The number of likely N-dealkylation sites (tertiary alicyclic amines) is 1. The van der Waals surface area contributed by atoms with Crippen LogP contribution in [0, 0.1) is 0 Å². The van der Waals surface area contributed by atoms with Gasteiger partial charge in [-0.05, 0) is 33.0 Å². The van der Waals surface area contributed by atoms with Crippen LogP contribution in [0.2, 0.25) is 0 Å². The van der Waals surface area contributed by atoms with E-state index in [0.29, 0.717) is 22.9 Å². The van der Waals surface area contributed by atoms with Crippen LogP contribution in [0.3, 0.4) is 0 Å². The normalized spacial score (nSPS) is 17.2. The molecule has 1 N–H and O–H groups in total. The van der Waals surface area contributed by atoms with E-state index in [0.717, 1.165) is 38.3 Å². The van der Waals surface area contributed by atoms with Crippen LogP contribution in [-0.2, 0) is 6.54 Å². The number of hydrogen-bond donors (Lipinski definition) is 1. The van der Waals surface area contributed by atoms with Crippen molar-refractivity contribution in [3.05, 3.63) is 64.6 Å². The largest absolute Gasteiger partial charge is 0.338 e. The van der Waals surface area contributed by atoms with Gasteiger partial charge in [-0.15, -0.1) is 0 Å². The first-order valence-corrected chi connectivity index (χ1v) is 10.1. The molecule has 1 amide bonds. The lowest BCUT2D eigenvalue weighted by molar-refractivity contribution is 0.0704. The van der Waals surface area contributed by atoms with Gasteiger partial charge in [0.2, 0.25) is 0 Å². The zero-order valence-corrected chi connectivity index (χ0v) is 17.0. The van der Waals surface area contributed by atoms with Gasteiger partial charge >= 0.3 is 0 Å². The summed E-state index contributed by atoms with van der Waals surface area (Å²) < 4.78 is 2.20. The van der Waals surface area contributed by atoms with E-state index in [9.17, 15) is 9.59 Å². The Labute approximate surface area is 170 Å². The fourth-order valence-electron chi connectivity index (χ4n) is 4.11. The molecular weight excluding hydrogens is 366 g/mol. The number of fused-ring (bicyclic) bond motifs is 1. The van der Waals surface area contributed by atoms with Crippen molar-refractivity contribution in [3.8, 4) is 0 Å². The maximum absolute atomic E-state index is 13.3. The molecule has 0 radical (unpaired) electrons. The Hall–Kier alpha value is -2.93. The molecule has 3 aromatic rings. The van der Waals surface area contributed by atoms with E-state index in [1.165, 1.54) is 0 Å². The molecule has 1 atom stereocenters. The van der Waals surface area contributed by atoms with E-state index < -0.39 is 0 Å². The summed E-state index contributed by atoms with van der Waals surface area (Å²) in [4.78, 5) is 36.8. The van der Waals surface area contributed by atoms with Crippen molar-refractivity contribution in [1.82, 2.24) is 24.3 Å². The van der Waals surface area contributed by atoms with Crippen LogP contribution in [0.25, 0.3) is 10.8 Å². The number of nitrogens with one attached hydrogen (secondary N) is 1. The molecule has 7 heteroatoms. The first-order valence-electron chi connectivity index (χ1n) is 10.1. The predicted molar refractivity (Wildman–Crippen MR) is 113 cm³/mol. The molecule has 152 valence electrons. The van der Waals surface area contributed by atoms with E-state index in [2.05, 4.69) is 33.5 Å². The summed E-state index contributed by atoms with van der Waals surface area (Å²) >= 11 is 0. The third kappa shape index (κ3) is 3.96. The Morgan fingerprint density at radius 1 is 1.28 bits per heavy atom. The van der Waals surface area contributed by atoms with Gasteiger partial charge in [0, 0.05) is 61.5 Å². The van der Waals surface area contributed by atoms with Gasteiger partial charge in [0.1, 0.15) is 5.82 Å². The number of pyridine rings is 1. The quantitative estimate of drug-likeness (QED) is 0.722.